The van der Waals surface area contributed by atoms with Gasteiger partial charge in [0, 0.05) is 12.2 Å². The lowest BCUT2D eigenvalue weighted by molar-refractivity contribution is -0.138. The summed E-state index contributed by atoms with van der Waals surface area (Å²) in [5, 5.41) is 20.4. The molecule has 19 heavy (non-hydrogen) atoms. The normalized spacial score (nSPS) is 13.2. The molecule has 3 N–H and O–H groups in total. The summed E-state index contributed by atoms with van der Waals surface area (Å²) in [6.07, 6.45) is -5.60. The number of hydrogen-bond acceptors (Lipinski definition) is 4. The Morgan fingerprint density at radius 1 is 1.42 bits per heavy atom. The van der Waals surface area contributed by atoms with Gasteiger partial charge in [0.25, 0.3) is 0 Å². The molecule has 108 valence electrons. The number of aliphatic hydroxyl groups excluding tert-OH is 2. The lowest BCUT2D eigenvalue weighted by atomic mass is 10.1. The van der Waals surface area contributed by atoms with Gasteiger partial charge in [-0.3, -0.25) is 0 Å². The quantitative estimate of drug-likeness (QED) is 0.767. The van der Waals surface area contributed by atoms with Crippen LogP contribution in [0.5, 0.6) is 5.75 Å². The summed E-state index contributed by atoms with van der Waals surface area (Å²) < 4.78 is 43.4. The molecule has 0 aliphatic heterocycles. The molecule has 0 saturated heterocycles. The molecule has 1 rings (SSSR count). The van der Waals surface area contributed by atoms with Gasteiger partial charge in [0.1, 0.15) is 11.3 Å². The van der Waals surface area contributed by atoms with Crippen molar-refractivity contribution in [2.45, 2.75) is 12.3 Å². The highest BCUT2D eigenvalue weighted by Gasteiger charge is 2.35. The Kier molecular flexibility index (Phi) is 5.45. The monoisotopic (exact) mass is 343 g/mol. The number of rotatable bonds is 5. The van der Waals surface area contributed by atoms with Crippen LogP contribution in [0.1, 0.15) is 5.56 Å². The summed E-state index contributed by atoms with van der Waals surface area (Å²) in [5.41, 5.74) is -0.766. The standard InChI is InChI=1S/C11H13BrF3NO3/c1-19-10-8(11(13,14)15)2-6(3-9(10)12)16-4-7(18)5-17/h2-3,7,16-18H,4-5H2,1H3. The van der Waals surface area contributed by atoms with Gasteiger partial charge < -0.3 is 20.3 Å². The Labute approximate surface area is 116 Å². The number of anilines is 1. The second-order valence-electron chi connectivity index (χ2n) is 3.75. The van der Waals surface area contributed by atoms with Crippen molar-refractivity contribution in [1.82, 2.24) is 0 Å². The molecule has 0 saturated carbocycles. The largest absolute Gasteiger partial charge is 0.495 e. The topological polar surface area (TPSA) is 61.7 Å². The molecule has 1 aromatic carbocycles. The van der Waals surface area contributed by atoms with E-state index in [-0.39, 0.29) is 22.5 Å². The minimum absolute atomic E-state index is 0.0629. The molecule has 1 unspecified atom stereocenters. The third kappa shape index (κ3) is 4.26. The van der Waals surface area contributed by atoms with Gasteiger partial charge in [-0.15, -0.1) is 0 Å². The summed E-state index contributed by atoms with van der Waals surface area (Å²) in [6.45, 7) is -0.539. The smallest absolute Gasteiger partial charge is 0.420 e. The zero-order valence-corrected chi connectivity index (χ0v) is 11.5. The van der Waals surface area contributed by atoms with E-state index in [0.29, 0.717) is 0 Å². The zero-order chi connectivity index (χ0) is 14.6. The maximum atomic E-state index is 12.8. The highest BCUT2D eigenvalue weighted by molar-refractivity contribution is 9.10. The molecule has 1 atom stereocenters. The molecule has 1 aromatic rings. The maximum absolute atomic E-state index is 12.8. The average Bonchev–Trinajstić information content (AvgIpc) is 2.34. The van der Waals surface area contributed by atoms with Gasteiger partial charge in [0.2, 0.25) is 0 Å². The Morgan fingerprint density at radius 2 is 2.05 bits per heavy atom. The van der Waals surface area contributed by atoms with Crippen LogP contribution in [0.3, 0.4) is 0 Å². The first-order valence-electron chi connectivity index (χ1n) is 5.27. The molecule has 0 amide bonds. The summed E-state index contributed by atoms with van der Waals surface area (Å²) in [4.78, 5) is 0. The number of ether oxygens (including phenoxy) is 1. The number of hydrogen-bond donors (Lipinski definition) is 3. The second-order valence-corrected chi connectivity index (χ2v) is 4.61. The number of methoxy groups -OCH3 is 1. The average molecular weight is 344 g/mol. The molecule has 0 fully saturated rings. The van der Waals surface area contributed by atoms with E-state index in [2.05, 4.69) is 21.2 Å². The van der Waals surface area contributed by atoms with Gasteiger partial charge in [0.15, 0.2) is 0 Å². The number of benzene rings is 1. The van der Waals surface area contributed by atoms with Crippen LogP contribution in [-0.2, 0) is 6.18 Å². The van der Waals surface area contributed by atoms with Crippen LogP contribution in [0.2, 0.25) is 0 Å². The van der Waals surface area contributed by atoms with Gasteiger partial charge in [-0.25, -0.2) is 0 Å². The van der Waals surface area contributed by atoms with Gasteiger partial charge in [0.05, 0.1) is 24.3 Å². The van der Waals surface area contributed by atoms with Crippen molar-refractivity contribution < 1.29 is 28.1 Å². The fraction of sp³-hybridized carbons (Fsp3) is 0.455. The van der Waals surface area contributed by atoms with Crippen molar-refractivity contribution in [3.05, 3.63) is 22.2 Å². The van der Waals surface area contributed by atoms with Crippen LogP contribution < -0.4 is 10.1 Å². The van der Waals surface area contributed by atoms with Crippen LogP contribution in [0, 0.1) is 0 Å². The molecular formula is C11H13BrF3NO3. The number of alkyl halides is 3. The van der Waals surface area contributed by atoms with E-state index in [1.165, 1.54) is 6.07 Å². The third-order valence-corrected chi connectivity index (χ3v) is 2.89. The molecule has 0 radical (unpaired) electrons. The second kappa shape index (κ2) is 6.44. The fourth-order valence-corrected chi connectivity index (χ4v) is 2.04. The molecule has 0 heterocycles. The Balaban J connectivity index is 3.06. The lowest BCUT2D eigenvalue weighted by Gasteiger charge is -2.17. The molecule has 0 bridgehead atoms. The number of nitrogens with one attached hydrogen (secondary N) is 1. The summed E-state index contributed by atoms with van der Waals surface area (Å²) in [5.74, 6) is -0.305. The molecule has 0 aromatic heterocycles. The van der Waals surface area contributed by atoms with Crippen molar-refractivity contribution >= 4 is 21.6 Å². The van der Waals surface area contributed by atoms with Crippen molar-refractivity contribution in [1.29, 1.82) is 0 Å². The highest BCUT2D eigenvalue weighted by Crippen LogP contribution is 2.42. The minimum Gasteiger partial charge on any atom is -0.495 e. The minimum atomic E-state index is -4.55. The summed E-state index contributed by atoms with van der Waals surface area (Å²) in [7, 11) is 1.15. The maximum Gasteiger partial charge on any atom is 0.420 e. The van der Waals surface area contributed by atoms with Gasteiger partial charge in [-0.05, 0) is 28.1 Å². The molecule has 0 aliphatic rings. The Bertz CT molecular complexity index is 440. The first kappa shape index (κ1) is 16.1. The first-order chi connectivity index (χ1) is 8.79. The van der Waals surface area contributed by atoms with E-state index in [1.54, 1.807) is 0 Å². The van der Waals surface area contributed by atoms with E-state index < -0.39 is 24.5 Å². The Morgan fingerprint density at radius 3 is 2.53 bits per heavy atom. The highest BCUT2D eigenvalue weighted by atomic mass is 79.9. The SMILES string of the molecule is COc1c(Br)cc(NCC(O)CO)cc1C(F)(F)F. The van der Waals surface area contributed by atoms with Gasteiger partial charge in [-0.1, -0.05) is 0 Å². The molecule has 8 heteroatoms. The van der Waals surface area contributed by atoms with E-state index in [4.69, 9.17) is 14.9 Å². The first-order valence-corrected chi connectivity index (χ1v) is 6.06. The molecular weight excluding hydrogens is 331 g/mol. The fourth-order valence-electron chi connectivity index (χ4n) is 1.41. The van der Waals surface area contributed by atoms with Crippen LogP contribution in [0.15, 0.2) is 16.6 Å². The van der Waals surface area contributed by atoms with Crippen molar-refractivity contribution in [2.24, 2.45) is 0 Å². The Hall–Kier alpha value is -0.990. The van der Waals surface area contributed by atoms with Crippen LogP contribution in [0.4, 0.5) is 18.9 Å². The lowest BCUT2D eigenvalue weighted by Crippen LogP contribution is -2.23. The van der Waals surface area contributed by atoms with Gasteiger partial charge in [-0.2, -0.15) is 13.2 Å². The van der Waals surface area contributed by atoms with E-state index in [9.17, 15) is 13.2 Å². The summed E-state index contributed by atoms with van der Waals surface area (Å²) in [6, 6.07) is 2.28. The van der Waals surface area contributed by atoms with Crippen molar-refractivity contribution in [2.75, 3.05) is 25.6 Å². The molecule has 0 aliphatic carbocycles. The van der Waals surface area contributed by atoms with E-state index in [1.807, 2.05) is 0 Å². The third-order valence-electron chi connectivity index (χ3n) is 2.31. The van der Waals surface area contributed by atoms with Crippen LogP contribution in [0.25, 0.3) is 0 Å². The van der Waals surface area contributed by atoms with Crippen molar-refractivity contribution in [3.63, 3.8) is 0 Å². The van der Waals surface area contributed by atoms with E-state index >= 15 is 0 Å². The van der Waals surface area contributed by atoms with E-state index in [0.717, 1.165) is 13.2 Å². The van der Waals surface area contributed by atoms with Gasteiger partial charge >= 0.3 is 6.18 Å². The van der Waals surface area contributed by atoms with Crippen LogP contribution in [-0.4, -0.2) is 36.6 Å². The molecule has 0 spiro atoms. The van der Waals surface area contributed by atoms with Crippen LogP contribution >= 0.6 is 15.9 Å². The number of halogens is 4. The predicted octanol–water partition coefficient (Wildman–Crippen LogP) is 2.24. The summed E-state index contributed by atoms with van der Waals surface area (Å²) >= 11 is 3.00. The zero-order valence-electron chi connectivity index (χ0n) is 9.96. The molecule has 4 nitrogen and oxygen atoms in total. The number of aliphatic hydroxyl groups is 2. The van der Waals surface area contributed by atoms with Crippen molar-refractivity contribution in [3.8, 4) is 5.75 Å². The predicted molar refractivity (Wildman–Crippen MR) is 67.3 cm³/mol.